The lowest BCUT2D eigenvalue weighted by atomic mass is 9.56. The summed E-state index contributed by atoms with van der Waals surface area (Å²) in [5, 5.41) is 82.1. The van der Waals surface area contributed by atoms with E-state index in [9.17, 15) is 45.3 Å². The number of ether oxygens (including phenoxy) is 1. The number of aliphatic hydroxyl groups excluding tert-OH is 4. The number of phenolic OH excluding ortho intramolecular Hbond substituents is 2. The Morgan fingerprint density at radius 3 is 2.66 bits per heavy atom. The third-order valence-electron chi connectivity index (χ3n) is 16.9. The predicted molar refractivity (Wildman–Crippen MR) is 258 cm³/mol. The van der Waals surface area contributed by atoms with E-state index < -0.39 is 60.7 Å². The van der Waals surface area contributed by atoms with Crippen LogP contribution in [-0.4, -0.2) is 107 Å². The smallest absolute Gasteiger partial charge is 0.226 e. The molecule has 2 spiro atoms. The maximum absolute atomic E-state index is 14.2. The van der Waals surface area contributed by atoms with Crippen LogP contribution in [0.5, 0.6) is 17.2 Å². The molecule has 3 aliphatic carbocycles. The summed E-state index contributed by atoms with van der Waals surface area (Å²) in [7, 11) is 0. The lowest BCUT2D eigenvalue weighted by Gasteiger charge is -2.50. The van der Waals surface area contributed by atoms with Crippen LogP contribution in [-0.2, 0) is 33.8 Å². The fraction of sp³-hybridized carbons (Fsp3) is 0.481. The summed E-state index contributed by atoms with van der Waals surface area (Å²) < 4.78 is 16.1. The SMILES string of the molecule is CCc1c2cc[nH]c2cn1-c1c2c(cc3c(=O)cc(C)oc13)CC(OOCC(O)(Cc1ccc(O)c3ccc(O)cc13)C(O)C(O)C(O)CO)C1(CC=C3CCC4CCCCC45C(=O)NCC5C3C1)O2. The molecule has 9 N–H and O–H groups in total. The van der Waals surface area contributed by atoms with E-state index in [4.69, 9.17) is 18.9 Å². The first-order valence-electron chi connectivity index (χ1n) is 24.7. The van der Waals surface area contributed by atoms with Crippen LogP contribution >= 0.6 is 0 Å². The maximum Gasteiger partial charge on any atom is 0.226 e. The number of carbonyl (C=O) groups excluding carboxylic acids is 1. The Morgan fingerprint density at radius 2 is 1.84 bits per heavy atom. The normalized spacial score (nSPS) is 27.4. The highest BCUT2D eigenvalue weighted by Crippen LogP contribution is 2.61. The Bertz CT molecular complexity index is 3120. The number of aryl methyl sites for hydroxylation is 2. The number of phenols is 2. The van der Waals surface area contributed by atoms with Gasteiger partial charge in [-0.25, -0.2) is 9.78 Å². The fourth-order valence-corrected chi connectivity index (χ4v) is 13.4. The molecule has 3 aromatic carbocycles. The molecule has 2 saturated carbocycles. The molecule has 10 atom stereocenters. The Kier molecular flexibility index (Phi) is 11.7. The first kappa shape index (κ1) is 46.7. The molecule has 16 heteroatoms. The molecule has 6 aromatic rings. The minimum absolute atomic E-state index is 0.00392. The third kappa shape index (κ3) is 7.36. The molecule has 1 saturated heterocycles. The first-order valence-corrected chi connectivity index (χ1v) is 24.7. The van der Waals surface area contributed by atoms with Crippen molar-refractivity contribution < 1.29 is 59.5 Å². The average Bonchev–Trinajstić information content (AvgIpc) is 4.02. The summed E-state index contributed by atoms with van der Waals surface area (Å²) in [5.41, 5.74) is 0.780. The summed E-state index contributed by atoms with van der Waals surface area (Å²) in [6, 6.07) is 12.5. The summed E-state index contributed by atoms with van der Waals surface area (Å²) in [6.45, 7) is 2.66. The van der Waals surface area contributed by atoms with Gasteiger partial charge in [0.25, 0.3) is 0 Å². The number of nitrogens with zero attached hydrogens (tertiary/aromatic N) is 1. The molecule has 2 aliphatic heterocycles. The van der Waals surface area contributed by atoms with Crippen molar-refractivity contribution in [2.75, 3.05) is 19.8 Å². The van der Waals surface area contributed by atoms with Gasteiger partial charge in [-0.3, -0.25) is 9.59 Å². The number of hydrogen-bond donors (Lipinski definition) is 9. The van der Waals surface area contributed by atoms with Gasteiger partial charge in [0.2, 0.25) is 5.91 Å². The zero-order chi connectivity index (χ0) is 48.9. The quantitative estimate of drug-likeness (QED) is 0.0413. The number of aromatic nitrogens is 2. The molecule has 16 nitrogen and oxygen atoms in total. The van der Waals surface area contributed by atoms with E-state index in [0.29, 0.717) is 75.9 Å². The Labute approximate surface area is 403 Å². The topological polar surface area (TPSA) is 249 Å². The second-order valence-corrected chi connectivity index (χ2v) is 20.7. The lowest BCUT2D eigenvalue weighted by Crippen LogP contribution is -2.59. The van der Waals surface area contributed by atoms with Crippen LogP contribution in [0, 0.1) is 30.1 Å². The van der Waals surface area contributed by atoms with Crippen molar-refractivity contribution in [3.8, 4) is 22.9 Å². The highest BCUT2D eigenvalue weighted by atomic mass is 17.2. The summed E-state index contributed by atoms with van der Waals surface area (Å²) in [6.07, 6.45) is 6.10. The number of aliphatic hydroxyl groups is 5. The van der Waals surface area contributed by atoms with E-state index in [1.807, 2.05) is 23.0 Å². The van der Waals surface area contributed by atoms with Crippen molar-refractivity contribution in [1.29, 1.82) is 0 Å². The second-order valence-electron chi connectivity index (χ2n) is 20.7. The molecule has 3 aromatic heterocycles. The molecule has 1 amide bonds. The van der Waals surface area contributed by atoms with E-state index in [2.05, 4.69) is 23.3 Å². The monoisotopic (exact) mass is 959 g/mol. The van der Waals surface area contributed by atoms with Gasteiger partial charge < -0.3 is 59.8 Å². The predicted octanol–water partition coefficient (Wildman–Crippen LogP) is 5.59. The first-order chi connectivity index (χ1) is 33.7. The van der Waals surface area contributed by atoms with Gasteiger partial charge >= 0.3 is 0 Å². The molecule has 0 radical (unpaired) electrons. The van der Waals surface area contributed by atoms with Crippen LogP contribution in [0.1, 0.15) is 80.9 Å². The molecular weight excluding hydrogens is 899 g/mol. The standard InChI is InChI=1S/C54H61N3O13/c1-3-41-35-14-17-55-40(35)25-57(41)46-48-31(19-37-43(61)18-28(2)68-49(37)46)20-45(53(69-48)16-13-29-7-9-32-6-4-5-15-54(32)39(38(29)23-53)24-56-51(54)65)70-67-27-52(66,50(64)47(63)44(62)26-58)22-30-8-12-42(60)34-11-10-33(59)21-36(30)34/h8,10-14,17-19,21,25,32,38-39,44-45,47,50,55,58-60,62-64,66H,3-7,9,15-16,20,22-24,26-27H2,1-2H3,(H,56,65). The van der Waals surface area contributed by atoms with Gasteiger partial charge in [0.05, 0.1) is 22.9 Å². The number of allylic oxidation sites excluding steroid dienone is 1. The van der Waals surface area contributed by atoms with Crippen molar-refractivity contribution >= 4 is 38.6 Å². The minimum Gasteiger partial charge on any atom is -0.508 e. The molecule has 70 heavy (non-hydrogen) atoms. The van der Waals surface area contributed by atoms with Crippen molar-refractivity contribution in [1.82, 2.24) is 14.9 Å². The van der Waals surface area contributed by atoms with Gasteiger partial charge in [0.1, 0.15) is 65.2 Å². The van der Waals surface area contributed by atoms with Crippen molar-refractivity contribution in [3.05, 3.63) is 105 Å². The van der Waals surface area contributed by atoms with Gasteiger partial charge in [0, 0.05) is 66.3 Å². The van der Waals surface area contributed by atoms with E-state index in [1.165, 1.54) is 42.0 Å². The summed E-state index contributed by atoms with van der Waals surface area (Å²) in [5.74, 6) is 1.05. The summed E-state index contributed by atoms with van der Waals surface area (Å²) >= 11 is 0. The van der Waals surface area contributed by atoms with Gasteiger partial charge in [-0.2, -0.15) is 0 Å². The second kappa shape index (κ2) is 17.5. The van der Waals surface area contributed by atoms with E-state index in [0.717, 1.165) is 55.1 Å². The van der Waals surface area contributed by atoms with Gasteiger partial charge in [-0.1, -0.05) is 37.5 Å². The molecule has 10 unspecified atom stereocenters. The Balaban J connectivity index is 1.03. The fourth-order valence-electron chi connectivity index (χ4n) is 13.4. The molecular formula is C54H61N3O13. The van der Waals surface area contributed by atoms with Crippen molar-refractivity contribution in [2.45, 2.75) is 120 Å². The van der Waals surface area contributed by atoms with Gasteiger partial charge in [-0.15, -0.1) is 0 Å². The average molecular weight is 960 g/mol. The van der Waals surface area contributed by atoms with Gasteiger partial charge in [0.15, 0.2) is 16.8 Å². The highest BCUT2D eigenvalue weighted by Gasteiger charge is 2.62. The lowest BCUT2D eigenvalue weighted by molar-refractivity contribution is -0.373. The number of fused-ring (bicyclic) bond motifs is 6. The number of hydrogen-bond acceptors (Lipinski definition) is 13. The van der Waals surface area contributed by atoms with Gasteiger partial charge in [-0.05, 0) is 111 Å². The van der Waals surface area contributed by atoms with E-state index >= 15 is 0 Å². The van der Waals surface area contributed by atoms with E-state index in [1.54, 1.807) is 13.0 Å². The van der Waals surface area contributed by atoms with Crippen LogP contribution in [0.3, 0.4) is 0 Å². The molecule has 11 rings (SSSR count). The highest BCUT2D eigenvalue weighted by molar-refractivity contribution is 5.93. The Hall–Kier alpha value is -5.72. The number of aromatic amines is 1. The van der Waals surface area contributed by atoms with Crippen LogP contribution in [0.15, 0.2) is 81.8 Å². The molecule has 0 bridgehead atoms. The number of rotatable bonds is 12. The third-order valence-corrected chi connectivity index (χ3v) is 16.9. The largest absolute Gasteiger partial charge is 0.508 e. The maximum atomic E-state index is 14.2. The van der Waals surface area contributed by atoms with Crippen molar-refractivity contribution in [2.24, 2.45) is 23.2 Å². The zero-order valence-corrected chi connectivity index (χ0v) is 39.3. The Morgan fingerprint density at radius 1 is 1.00 bits per heavy atom. The number of H-pyrrole nitrogens is 1. The van der Waals surface area contributed by atoms with Crippen LogP contribution < -0.4 is 15.5 Å². The number of amides is 1. The minimum atomic E-state index is -2.42. The number of nitrogens with one attached hydrogen (secondary N) is 2. The van der Waals surface area contributed by atoms with Crippen LogP contribution in [0.2, 0.25) is 0 Å². The molecule has 3 fully saturated rings. The van der Waals surface area contributed by atoms with Crippen molar-refractivity contribution in [3.63, 3.8) is 0 Å². The van der Waals surface area contributed by atoms with Crippen LogP contribution in [0.25, 0.3) is 38.3 Å². The molecule has 370 valence electrons. The zero-order valence-electron chi connectivity index (χ0n) is 39.3. The van der Waals surface area contributed by atoms with E-state index in [-0.39, 0.29) is 47.0 Å². The number of carbonyl (C=O) groups is 1. The molecule has 5 aliphatic rings. The number of benzene rings is 3. The van der Waals surface area contributed by atoms with Crippen LogP contribution in [0.4, 0.5) is 0 Å². The summed E-state index contributed by atoms with van der Waals surface area (Å²) in [4.78, 5) is 44.1. The number of aromatic hydroxyl groups is 2. The molecule has 5 heterocycles.